The van der Waals surface area contributed by atoms with E-state index in [9.17, 15) is 0 Å². The highest BCUT2D eigenvalue weighted by molar-refractivity contribution is 14.1. The van der Waals surface area contributed by atoms with Gasteiger partial charge in [0.1, 0.15) is 0 Å². The van der Waals surface area contributed by atoms with E-state index in [0.29, 0.717) is 0 Å². The van der Waals surface area contributed by atoms with Gasteiger partial charge in [-0.1, -0.05) is 17.4 Å². The number of fused-ring (bicyclic) bond motifs is 1. The molecule has 1 aromatic heterocycles. The van der Waals surface area contributed by atoms with Crippen LogP contribution < -0.4 is 4.74 Å². The maximum absolute atomic E-state index is 5.21. The predicted molar refractivity (Wildman–Crippen MR) is 65.8 cm³/mol. The monoisotopic (exact) mass is 304 g/mol. The van der Waals surface area contributed by atoms with Gasteiger partial charge >= 0.3 is 0 Å². The third kappa shape index (κ3) is 1.55. The van der Waals surface area contributed by atoms with Gasteiger partial charge in [0.25, 0.3) is 0 Å². The molecule has 0 unspecified atom stereocenters. The van der Waals surface area contributed by atoms with Crippen molar-refractivity contribution < 1.29 is 4.74 Å². The molecule has 0 fully saturated rings. The van der Waals surface area contributed by atoms with Crippen LogP contribution in [-0.4, -0.2) is 7.11 Å². The van der Waals surface area contributed by atoms with Crippen LogP contribution in [0.3, 0.4) is 0 Å². The molecule has 0 bridgehead atoms. The molecule has 1 aromatic carbocycles. The van der Waals surface area contributed by atoms with Crippen molar-refractivity contribution >= 4 is 44.0 Å². The van der Waals surface area contributed by atoms with Gasteiger partial charge in [-0.25, -0.2) is 0 Å². The fourth-order valence-electron chi connectivity index (χ4n) is 1.30. The van der Waals surface area contributed by atoms with Crippen LogP contribution in [0.5, 0.6) is 5.06 Å². The second-order valence-electron chi connectivity index (χ2n) is 2.86. The highest BCUT2D eigenvalue weighted by Gasteiger charge is 2.05. The van der Waals surface area contributed by atoms with Gasteiger partial charge in [-0.05, 0) is 52.6 Å². The molecule has 2 aromatic rings. The summed E-state index contributed by atoms with van der Waals surface area (Å²) in [5.74, 6) is 0. The van der Waals surface area contributed by atoms with Crippen LogP contribution in [-0.2, 0) is 0 Å². The summed E-state index contributed by atoms with van der Waals surface area (Å²) in [6.07, 6.45) is 0. The van der Waals surface area contributed by atoms with E-state index in [-0.39, 0.29) is 0 Å². The van der Waals surface area contributed by atoms with Crippen molar-refractivity contribution in [3.05, 3.63) is 27.3 Å². The zero-order chi connectivity index (χ0) is 9.42. The van der Waals surface area contributed by atoms with Gasteiger partial charge in [-0.15, -0.1) is 0 Å². The highest BCUT2D eigenvalue weighted by atomic mass is 127. The Kier molecular flexibility index (Phi) is 2.47. The first kappa shape index (κ1) is 9.27. The molecule has 0 atom stereocenters. The lowest BCUT2D eigenvalue weighted by molar-refractivity contribution is 0.427. The molecule has 0 aliphatic carbocycles. The van der Waals surface area contributed by atoms with E-state index in [4.69, 9.17) is 4.74 Å². The molecule has 2 rings (SSSR count). The number of thiophene rings is 1. The summed E-state index contributed by atoms with van der Waals surface area (Å²) in [6, 6.07) is 6.37. The molecule has 0 aliphatic rings. The molecule has 0 saturated heterocycles. The maximum Gasteiger partial charge on any atom is 0.174 e. The van der Waals surface area contributed by atoms with Gasteiger partial charge in [0.2, 0.25) is 0 Å². The molecule has 1 heterocycles. The molecular formula is C10H9IOS. The smallest absolute Gasteiger partial charge is 0.174 e. The lowest BCUT2D eigenvalue weighted by Crippen LogP contribution is -1.77. The minimum absolute atomic E-state index is 0.986. The van der Waals surface area contributed by atoms with Gasteiger partial charge in [-0.2, -0.15) is 0 Å². The van der Waals surface area contributed by atoms with E-state index < -0.39 is 0 Å². The maximum atomic E-state index is 5.21. The van der Waals surface area contributed by atoms with Crippen molar-refractivity contribution in [3.63, 3.8) is 0 Å². The van der Waals surface area contributed by atoms with Gasteiger partial charge < -0.3 is 4.74 Å². The summed E-state index contributed by atoms with van der Waals surface area (Å²) in [5.41, 5.74) is 1.35. The summed E-state index contributed by atoms with van der Waals surface area (Å²) in [7, 11) is 1.71. The molecule has 0 amide bonds. The average Bonchev–Trinajstić information content (AvgIpc) is 2.55. The minimum atomic E-state index is 0.986. The molecule has 68 valence electrons. The molecule has 1 nitrogen and oxygen atoms in total. The molecule has 0 radical (unpaired) electrons. The average molecular weight is 304 g/mol. The van der Waals surface area contributed by atoms with Crippen molar-refractivity contribution in [3.8, 4) is 5.06 Å². The molecule has 0 N–H and O–H groups in total. The minimum Gasteiger partial charge on any atom is -0.487 e. The molecule has 0 spiro atoms. The number of benzene rings is 1. The quantitative estimate of drug-likeness (QED) is 0.728. The molecule has 0 aliphatic heterocycles. The van der Waals surface area contributed by atoms with E-state index >= 15 is 0 Å². The Morgan fingerprint density at radius 3 is 2.85 bits per heavy atom. The Morgan fingerprint density at radius 1 is 1.38 bits per heavy atom. The van der Waals surface area contributed by atoms with Crippen molar-refractivity contribution in [2.24, 2.45) is 0 Å². The number of rotatable bonds is 1. The van der Waals surface area contributed by atoms with Gasteiger partial charge in [0, 0.05) is 8.27 Å². The third-order valence-electron chi connectivity index (χ3n) is 2.05. The molecule has 0 saturated carbocycles. The highest BCUT2D eigenvalue weighted by Crippen LogP contribution is 2.35. The Morgan fingerprint density at radius 2 is 2.15 bits per heavy atom. The van der Waals surface area contributed by atoms with E-state index in [2.05, 4.69) is 47.7 Å². The lowest BCUT2D eigenvalue weighted by Gasteiger charge is -1.97. The topological polar surface area (TPSA) is 9.23 Å². The fourth-order valence-corrected chi connectivity index (χ4v) is 2.91. The van der Waals surface area contributed by atoms with Crippen LogP contribution in [0.15, 0.2) is 18.2 Å². The normalized spacial score (nSPS) is 10.7. The second kappa shape index (κ2) is 3.46. The van der Waals surface area contributed by atoms with Crippen LogP contribution in [0.25, 0.3) is 10.1 Å². The van der Waals surface area contributed by atoms with Crippen molar-refractivity contribution in [1.82, 2.24) is 0 Å². The number of hydrogen-bond acceptors (Lipinski definition) is 2. The van der Waals surface area contributed by atoms with Crippen molar-refractivity contribution in [2.75, 3.05) is 7.11 Å². The number of methoxy groups -OCH3 is 1. The first-order valence-electron chi connectivity index (χ1n) is 3.95. The molecule has 3 heteroatoms. The Balaban J connectivity index is 2.76. The summed E-state index contributed by atoms with van der Waals surface area (Å²) >= 11 is 4.07. The Labute approximate surface area is 94.9 Å². The van der Waals surface area contributed by atoms with E-state index in [1.165, 1.54) is 19.2 Å². The second-order valence-corrected chi connectivity index (χ2v) is 5.04. The van der Waals surface area contributed by atoms with Crippen molar-refractivity contribution in [1.29, 1.82) is 0 Å². The first-order chi connectivity index (χ1) is 6.22. The fraction of sp³-hybridized carbons (Fsp3) is 0.200. The lowest BCUT2D eigenvalue weighted by atomic mass is 10.2. The van der Waals surface area contributed by atoms with Gasteiger partial charge in [0.05, 0.1) is 7.11 Å². The van der Waals surface area contributed by atoms with E-state index in [0.717, 1.165) is 5.06 Å². The predicted octanol–water partition coefficient (Wildman–Crippen LogP) is 3.82. The van der Waals surface area contributed by atoms with Crippen LogP contribution >= 0.6 is 33.9 Å². The van der Waals surface area contributed by atoms with E-state index in [1.54, 1.807) is 18.4 Å². The van der Waals surface area contributed by atoms with E-state index in [1.807, 2.05) is 0 Å². The number of aryl methyl sites for hydroxylation is 1. The van der Waals surface area contributed by atoms with Crippen LogP contribution in [0, 0.1) is 10.5 Å². The van der Waals surface area contributed by atoms with Crippen LogP contribution in [0.4, 0.5) is 0 Å². The Bertz CT molecular complexity index is 447. The zero-order valence-electron chi connectivity index (χ0n) is 7.43. The van der Waals surface area contributed by atoms with Gasteiger partial charge in [-0.3, -0.25) is 0 Å². The molecule has 13 heavy (non-hydrogen) atoms. The number of hydrogen-bond donors (Lipinski definition) is 0. The number of ether oxygens (including phenoxy) is 1. The number of halogens is 1. The SMILES string of the molecule is COc1cc2ccc(I)c(C)c2s1. The third-order valence-corrected chi connectivity index (χ3v) is 4.45. The Hall–Kier alpha value is -0.290. The summed E-state index contributed by atoms with van der Waals surface area (Å²) in [4.78, 5) is 0. The summed E-state index contributed by atoms with van der Waals surface area (Å²) in [6.45, 7) is 2.15. The summed E-state index contributed by atoms with van der Waals surface area (Å²) in [5, 5.41) is 2.26. The zero-order valence-corrected chi connectivity index (χ0v) is 10.4. The van der Waals surface area contributed by atoms with Crippen LogP contribution in [0.2, 0.25) is 0 Å². The summed E-state index contributed by atoms with van der Waals surface area (Å²) < 4.78 is 7.86. The van der Waals surface area contributed by atoms with Crippen LogP contribution in [0.1, 0.15) is 5.56 Å². The standard InChI is InChI=1S/C10H9IOS/c1-6-8(11)4-3-7-5-9(12-2)13-10(6)7/h3-5H,1-2H3. The van der Waals surface area contributed by atoms with Gasteiger partial charge in [0.15, 0.2) is 5.06 Å². The first-order valence-corrected chi connectivity index (χ1v) is 5.84. The molecular weight excluding hydrogens is 295 g/mol. The van der Waals surface area contributed by atoms with Crippen molar-refractivity contribution in [2.45, 2.75) is 6.92 Å². The largest absolute Gasteiger partial charge is 0.487 e.